The average Bonchev–Trinajstić information content (AvgIpc) is 3.09. The molecule has 1 amide bonds. The maximum atomic E-state index is 12.5. The van der Waals surface area contributed by atoms with Gasteiger partial charge in [-0.25, -0.2) is 8.42 Å². The molecule has 0 fully saturated rings. The summed E-state index contributed by atoms with van der Waals surface area (Å²) in [4.78, 5) is 12.7. The van der Waals surface area contributed by atoms with Gasteiger partial charge in [-0.1, -0.05) is 18.9 Å². The van der Waals surface area contributed by atoms with E-state index in [-0.39, 0.29) is 10.8 Å². The lowest BCUT2D eigenvalue weighted by molar-refractivity contribution is 0.102. The van der Waals surface area contributed by atoms with Crippen LogP contribution in [0.1, 0.15) is 41.9 Å². The van der Waals surface area contributed by atoms with Gasteiger partial charge in [-0.3, -0.25) is 4.79 Å². The van der Waals surface area contributed by atoms with E-state index in [1.165, 1.54) is 25.0 Å². The van der Waals surface area contributed by atoms with Crippen molar-refractivity contribution in [2.75, 3.05) is 11.6 Å². The minimum Gasteiger partial charge on any atom is -0.322 e. The fourth-order valence-corrected chi connectivity index (χ4v) is 4.32. The summed E-state index contributed by atoms with van der Waals surface area (Å²) in [5, 5.41) is 11.6. The standard InChI is InChI=1S/C22H24N4O3S/c1-30(28,29)19-8-6-7-17(15-19)22(27)23-18-12-10-16(11-13-18)21-25-24-20-9-4-2-3-5-14-26(20)21/h6-8,10-13,15H,2-5,9,14H2,1H3,(H,23,27). The number of fused-ring (bicyclic) bond motifs is 1. The molecule has 2 aromatic carbocycles. The molecule has 0 radical (unpaired) electrons. The number of anilines is 1. The highest BCUT2D eigenvalue weighted by Crippen LogP contribution is 2.24. The molecule has 0 saturated carbocycles. The molecule has 1 aromatic heterocycles. The summed E-state index contributed by atoms with van der Waals surface area (Å²) in [5.41, 5.74) is 1.87. The number of sulfone groups is 1. The van der Waals surface area contributed by atoms with Gasteiger partial charge in [-0.05, 0) is 55.3 Å². The molecule has 0 bridgehead atoms. The monoisotopic (exact) mass is 424 g/mol. The number of aryl methyl sites for hydroxylation is 1. The van der Waals surface area contributed by atoms with E-state index in [2.05, 4.69) is 20.1 Å². The molecular weight excluding hydrogens is 400 g/mol. The van der Waals surface area contributed by atoms with Gasteiger partial charge in [0.1, 0.15) is 5.82 Å². The van der Waals surface area contributed by atoms with Crippen molar-refractivity contribution in [1.29, 1.82) is 0 Å². The molecule has 156 valence electrons. The van der Waals surface area contributed by atoms with Gasteiger partial charge in [0.05, 0.1) is 4.90 Å². The summed E-state index contributed by atoms with van der Waals surface area (Å²) in [6.07, 6.45) is 6.80. The van der Waals surface area contributed by atoms with Gasteiger partial charge in [-0.2, -0.15) is 0 Å². The second kappa shape index (κ2) is 8.39. The minimum absolute atomic E-state index is 0.119. The Morgan fingerprint density at radius 1 is 1.00 bits per heavy atom. The lowest BCUT2D eigenvalue weighted by Crippen LogP contribution is -2.12. The highest BCUT2D eigenvalue weighted by atomic mass is 32.2. The number of carbonyl (C=O) groups excluding carboxylic acids is 1. The van der Waals surface area contributed by atoms with Crippen LogP contribution in [0.5, 0.6) is 0 Å². The highest BCUT2D eigenvalue weighted by Gasteiger charge is 2.16. The number of benzene rings is 2. The number of amides is 1. The summed E-state index contributed by atoms with van der Waals surface area (Å²) in [7, 11) is -3.37. The number of hydrogen-bond donors (Lipinski definition) is 1. The largest absolute Gasteiger partial charge is 0.322 e. The van der Waals surface area contributed by atoms with Crippen molar-refractivity contribution in [2.24, 2.45) is 0 Å². The molecule has 0 aliphatic carbocycles. The van der Waals surface area contributed by atoms with E-state index in [1.54, 1.807) is 12.1 Å². The molecule has 1 N–H and O–H groups in total. The molecule has 3 aromatic rings. The molecule has 0 spiro atoms. The van der Waals surface area contributed by atoms with Gasteiger partial charge < -0.3 is 9.88 Å². The van der Waals surface area contributed by atoms with E-state index in [4.69, 9.17) is 0 Å². The van der Waals surface area contributed by atoms with Crippen molar-refractivity contribution < 1.29 is 13.2 Å². The second-order valence-corrected chi connectivity index (χ2v) is 9.60. The minimum atomic E-state index is -3.37. The van der Waals surface area contributed by atoms with Gasteiger partial charge in [-0.15, -0.1) is 10.2 Å². The summed E-state index contributed by atoms with van der Waals surface area (Å²) < 4.78 is 25.6. The van der Waals surface area contributed by atoms with E-state index >= 15 is 0 Å². The van der Waals surface area contributed by atoms with Gasteiger partial charge in [0.25, 0.3) is 5.91 Å². The first-order valence-electron chi connectivity index (χ1n) is 10.1. The summed E-state index contributed by atoms with van der Waals surface area (Å²) in [5.74, 6) is 1.53. The quantitative estimate of drug-likeness (QED) is 0.689. The second-order valence-electron chi connectivity index (χ2n) is 7.59. The van der Waals surface area contributed by atoms with Crippen molar-refractivity contribution in [1.82, 2.24) is 14.8 Å². The average molecular weight is 425 g/mol. The molecule has 30 heavy (non-hydrogen) atoms. The highest BCUT2D eigenvalue weighted by molar-refractivity contribution is 7.90. The molecule has 2 heterocycles. The van der Waals surface area contributed by atoms with Crippen molar-refractivity contribution >= 4 is 21.4 Å². The Bertz CT molecular complexity index is 1170. The lowest BCUT2D eigenvalue weighted by atomic mass is 10.1. The van der Waals surface area contributed by atoms with Crippen molar-refractivity contribution in [3.63, 3.8) is 0 Å². The van der Waals surface area contributed by atoms with E-state index in [0.29, 0.717) is 11.3 Å². The first kappa shape index (κ1) is 20.3. The van der Waals surface area contributed by atoms with Crippen LogP contribution in [0.2, 0.25) is 0 Å². The summed E-state index contributed by atoms with van der Waals surface area (Å²) >= 11 is 0. The van der Waals surface area contributed by atoms with Crippen LogP contribution in [0, 0.1) is 0 Å². The smallest absolute Gasteiger partial charge is 0.255 e. The van der Waals surface area contributed by atoms with Crippen LogP contribution in [0.4, 0.5) is 5.69 Å². The lowest BCUT2D eigenvalue weighted by Gasteiger charge is -2.13. The van der Waals surface area contributed by atoms with Gasteiger partial charge >= 0.3 is 0 Å². The molecule has 1 aliphatic heterocycles. The van der Waals surface area contributed by atoms with Crippen molar-refractivity contribution in [3.05, 3.63) is 59.9 Å². The van der Waals surface area contributed by atoms with Crippen molar-refractivity contribution in [2.45, 2.75) is 43.5 Å². The fraction of sp³-hybridized carbons (Fsp3) is 0.318. The number of rotatable bonds is 4. The van der Waals surface area contributed by atoms with Crippen molar-refractivity contribution in [3.8, 4) is 11.4 Å². The number of carbonyl (C=O) groups is 1. The van der Waals surface area contributed by atoms with Crippen LogP contribution in [0.25, 0.3) is 11.4 Å². The zero-order chi connectivity index (χ0) is 21.1. The maximum absolute atomic E-state index is 12.5. The Labute approximate surface area is 176 Å². The SMILES string of the molecule is CS(=O)(=O)c1cccc(C(=O)Nc2ccc(-c3nnc4n3CCCCCC4)cc2)c1. The molecule has 1 aliphatic rings. The predicted molar refractivity (Wildman–Crippen MR) is 115 cm³/mol. The zero-order valence-electron chi connectivity index (χ0n) is 16.8. The molecule has 0 saturated heterocycles. The number of hydrogen-bond acceptors (Lipinski definition) is 5. The Kier molecular flexibility index (Phi) is 5.67. The third kappa shape index (κ3) is 4.43. The number of nitrogens with zero attached hydrogens (tertiary/aromatic N) is 3. The van der Waals surface area contributed by atoms with Gasteiger partial charge in [0.2, 0.25) is 0 Å². The Balaban J connectivity index is 1.52. The first-order valence-corrected chi connectivity index (χ1v) is 11.9. The Hall–Kier alpha value is -3.00. The molecule has 4 rings (SSSR count). The van der Waals surface area contributed by atoms with E-state index in [1.807, 2.05) is 24.3 Å². The topological polar surface area (TPSA) is 93.9 Å². The molecule has 7 nitrogen and oxygen atoms in total. The maximum Gasteiger partial charge on any atom is 0.255 e. The Morgan fingerprint density at radius 3 is 2.53 bits per heavy atom. The molecule has 8 heteroatoms. The number of nitrogens with one attached hydrogen (secondary N) is 1. The van der Waals surface area contributed by atoms with Gasteiger partial charge in [0, 0.05) is 36.0 Å². The summed E-state index contributed by atoms with van der Waals surface area (Å²) in [6.45, 7) is 0.923. The molecular formula is C22H24N4O3S. The Morgan fingerprint density at radius 2 is 1.77 bits per heavy atom. The normalized spacial score (nSPS) is 14.4. The summed E-state index contributed by atoms with van der Waals surface area (Å²) in [6, 6.07) is 13.5. The van der Waals surface area contributed by atoms with Crippen LogP contribution in [-0.2, 0) is 22.8 Å². The third-order valence-corrected chi connectivity index (χ3v) is 6.40. The van der Waals surface area contributed by atoms with Gasteiger partial charge in [0.15, 0.2) is 15.7 Å². The molecule has 0 unspecified atom stereocenters. The number of aromatic nitrogens is 3. The van der Waals surface area contributed by atoms with E-state index in [9.17, 15) is 13.2 Å². The van der Waals surface area contributed by atoms with E-state index in [0.717, 1.165) is 49.3 Å². The third-order valence-electron chi connectivity index (χ3n) is 5.28. The fourth-order valence-electron chi connectivity index (χ4n) is 3.65. The first-order chi connectivity index (χ1) is 14.4. The zero-order valence-corrected chi connectivity index (χ0v) is 17.7. The van der Waals surface area contributed by atoms with Crippen LogP contribution in [0.3, 0.4) is 0 Å². The van der Waals surface area contributed by atoms with Crippen LogP contribution in [0.15, 0.2) is 53.4 Å². The van der Waals surface area contributed by atoms with E-state index < -0.39 is 9.84 Å². The van der Waals surface area contributed by atoms with Crippen LogP contribution in [-0.4, -0.2) is 35.3 Å². The van der Waals surface area contributed by atoms with Crippen LogP contribution < -0.4 is 5.32 Å². The molecule has 0 atom stereocenters. The van der Waals surface area contributed by atoms with Crippen LogP contribution >= 0.6 is 0 Å². The predicted octanol–water partition coefficient (Wildman–Crippen LogP) is 3.72.